The van der Waals surface area contributed by atoms with E-state index in [2.05, 4.69) is 4.98 Å². The molecule has 1 unspecified atom stereocenters. The molecule has 1 aromatic heterocycles. The van der Waals surface area contributed by atoms with Crippen molar-refractivity contribution in [1.29, 1.82) is 0 Å². The maximum absolute atomic E-state index is 11.9. The van der Waals surface area contributed by atoms with Crippen LogP contribution in [-0.4, -0.2) is 30.1 Å². The zero-order chi connectivity index (χ0) is 15.5. The Labute approximate surface area is 123 Å². The molecule has 0 aliphatic rings. The minimum absolute atomic E-state index is 0.0105. The molecule has 0 aliphatic heterocycles. The molecule has 21 heavy (non-hydrogen) atoms. The number of amides is 1. The zero-order valence-corrected chi connectivity index (χ0v) is 12.5. The molecule has 1 atom stereocenters. The predicted octanol–water partition coefficient (Wildman–Crippen LogP) is 1.36. The zero-order valence-electron chi connectivity index (χ0n) is 11.6. The number of nitrogens with zero attached hydrogens (tertiary/aromatic N) is 2. The summed E-state index contributed by atoms with van der Waals surface area (Å²) in [5.74, 6) is -0.521. The monoisotopic (exact) mass is 307 g/mol. The molecule has 1 aromatic carbocycles. The summed E-state index contributed by atoms with van der Waals surface area (Å²) in [6.45, 7) is 0. The first-order valence-electron chi connectivity index (χ1n) is 6.44. The molecule has 0 aliphatic carbocycles. The summed E-state index contributed by atoms with van der Waals surface area (Å²) < 4.78 is 25.3. The number of hydrogen-bond donors (Lipinski definition) is 1. The Balaban J connectivity index is 2.30. The average Bonchev–Trinajstić information content (AvgIpc) is 2.87. The minimum atomic E-state index is -3.37. The lowest BCUT2D eigenvalue weighted by Crippen LogP contribution is -2.20. The van der Waals surface area contributed by atoms with Gasteiger partial charge in [0.05, 0.1) is 12.0 Å². The fourth-order valence-electron chi connectivity index (χ4n) is 2.10. The van der Waals surface area contributed by atoms with E-state index in [1.54, 1.807) is 6.20 Å². The molecule has 6 nitrogen and oxygen atoms in total. The molecule has 1 amide bonds. The Bertz CT molecular complexity index is 723. The quantitative estimate of drug-likeness (QED) is 0.871. The van der Waals surface area contributed by atoms with Gasteiger partial charge in [-0.3, -0.25) is 4.79 Å². The summed E-state index contributed by atoms with van der Waals surface area (Å²) in [6.07, 6.45) is 4.42. The third-order valence-electron chi connectivity index (χ3n) is 3.14. The number of sulfone groups is 1. The van der Waals surface area contributed by atoms with E-state index in [-0.39, 0.29) is 12.8 Å². The normalized spacial score (nSPS) is 13.0. The van der Waals surface area contributed by atoms with Crippen molar-refractivity contribution >= 4 is 15.7 Å². The second-order valence-corrected chi connectivity index (χ2v) is 7.06. The average molecular weight is 307 g/mol. The van der Waals surface area contributed by atoms with Gasteiger partial charge in [0.2, 0.25) is 5.91 Å². The maximum atomic E-state index is 11.9. The van der Waals surface area contributed by atoms with Crippen molar-refractivity contribution in [2.24, 2.45) is 5.73 Å². The van der Waals surface area contributed by atoms with Gasteiger partial charge in [0, 0.05) is 24.4 Å². The molecular formula is C14H17N3O3S. The van der Waals surface area contributed by atoms with Crippen LogP contribution in [-0.2, 0) is 14.6 Å². The molecule has 2 rings (SSSR count). The van der Waals surface area contributed by atoms with Crippen molar-refractivity contribution in [2.45, 2.75) is 18.2 Å². The molecule has 0 bridgehead atoms. The van der Waals surface area contributed by atoms with Crippen LogP contribution in [0.5, 0.6) is 0 Å². The number of nitrogens with two attached hydrogens (primary N) is 1. The van der Waals surface area contributed by atoms with Gasteiger partial charge in [0.1, 0.15) is 5.37 Å². The van der Waals surface area contributed by atoms with Crippen LogP contribution in [0, 0.1) is 0 Å². The summed E-state index contributed by atoms with van der Waals surface area (Å²) in [6, 6.07) is 9.45. The third kappa shape index (κ3) is 3.91. The lowest BCUT2D eigenvalue weighted by molar-refractivity contribution is -0.118. The van der Waals surface area contributed by atoms with Gasteiger partial charge in [-0.1, -0.05) is 30.3 Å². The highest BCUT2D eigenvalue weighted by Gasteiger charge is 2.23. The smallest absolute Gasteiger partial charge is 0.217 e. The first kappa shape index (κ1) is 15.2. The molecule has 0 saturated carbocycles. The highest BCUT2D eigenvalue weighted by atomic mass is 32.2. The molecule has 7 heteroatoms. The van der Waals surface area contributed by atoms with Crippen LogP contribution in [0.3, 0.4) is 0 Å². The first-order valence-corrected chi connectivity index (χ1v) is 8.39. The predicted molar refractivity (Wildman–Crippen MR) is 80.0 cm³/mol. The first-order chi connectivity index (χ1) is 9.88. The molecule has 0 radical (unpaired) electrons. The second kappa shape index (κ2) is 6.09. The highest BCUT2D eigenvalue weighted by Crippen LogP contribution is 2.24. The van der Waals surface area contributed by atoms with Gasteiger partial charge < -0.3 is 10.3 Å². The van der Waals surface area contributed by atoms with Crippen LogP contribution in [0.15, 0.2) is 42.9 Å². The Morgan fingerprint density at radius 1 is 1.33 bits per heavy atom. The molecule has 0 saturated heterocycles. The van der Waals surface area contributed by atoms with Gasteiger partial charge in [-0.2, -0.15) is 0 Å². The number of benzene rings is 1. The Morgan fingerprint density at radius 2 is 2.00 bits per heavy atom. The van der Waals surface area contributed by atoms with E-state index in [9.17, 15) is 13.2 Å². The van der Waals surface area contributed by atoms with E-state index in [0.717, 1.165) is 11.8 Å². The Kier molecular flexibility index (Phi) is 4.42. The number of aromatic nitrogens is 2. The number of rotatable bonds is 6. The SMILES string of the molecule is CS(=O)(=O)C(CCC(N)=O)n1cnc(-c2ccccc2)c1. The van der Waals surface area contributed by atoms with Gasteiger partial charge in [0.25, 0.3) is 0 Å². The van der Waals surface area contributed by atoms with Crippen LogP contribution in [0.1, 0.15) is 18.2 Å². The van der Waals surface area contributed by atoms with Crippen LogP contribution in [0.4, 0.5) is 0 Å². The fourth-order valence-corrected chi connectivity index (χ4v) is 3.21. The van der Waals surface area contributed by atoms with Gasteiger partial charge in [0.15, 0.2) is 9.84 Å². The third-order valence-corrected chi connectivity index (χ3v) is 4.60. The van der Waals surface area contributed by atoms with Gasteiger partial charge in [-0.25, -0.2) is 13.4 Å². The van der Waals surface area contributed by atoms with Gasteiger partial charge in [-0.15, -0.1) is 0 Å². The minimum Gasteiger partial charge on any atom is -0.370 e. The van der Waals surface area contributed by atoms with Crippen molar-refractivity contribution in [3.8, 4) is 11.3 Å². The largest absolute Gasteiger partial charge is 0.370 e. The van der Waals surface area contributed by atoms with Crippen LogP contribution in [0.2, 0.25) is 0 Å². The van der Waals surface area contributed by atoms with E-state index in [0.29, 0.717) is 5.69 Å². The van der Waals surface area contributed by atoms with Crippen molar-refractivity contribution in [3.05, 3.63) is 42.9 Å². The molecular weight excluding hydrogens is 290 g/mol. The topological polar surface area (TPSA) is 95.0 Å². The van der Waals surface area contributed by atoms with Gasteiger partial charge >= 0.3 is 0 Å². The summed E-state index contributed by atoms with van der Waals surface area (Å²) in [4.78, 5) is 15.1. The van der Waals surface area contributed by atoms with Crippen molar-refractivity contribution in [3.63, 3.8) is 0 Å². The Morgan fingerprint density at radius 3 is 2.57 bits per heavy atom. The number of primary amides is 1. The summed E-state index contributed by atoms with van der Waals surface area (Å²) >= 11 is 0. The van der Waals surface area contributed by atoms with Gasteiger partial charge in [-0.05, 0) is 6.42 Å². The Hall–Kier alpha value is -2.15. The van der Waals surface area contributed by atoms with Crippen molar-refractivity contribution in [2.75, 3.05) is 6.26 Å². The van der Waals surface area contributed by atoms with E-state index in [1.807, 2.05) is 30.3 Å². The van der Waals surface area contributed by atoms with E-state index in [4.69, 9.17) is 5.73 Å². The van der Waals surface area contributed by atoms with Crippen molar-refractivity contribution < 1.29 is 13.2 Å². The summed E-state index contributed by atoms with van der Waals surface area (Å²) in [5, 5.41) is -0.838. The standard InChI is InChI=1S/C14H17N3O3S/c1-21(19,20)14(8-7-13(15)18)17-9-12(16-10-17)11-5-3-2-4-6-11/h2-6,9-10,14H,7-8H2,1H3,(H2,15,18). The molecule has 0 fully saturated rings. The fraction of sp³-hybridized carbons (Fsp3) is 0.286. The number of carbonyl (C=O) groups is 1. The summed E-state index contributed by atoms with van der Waals surface area (Å²) in [5.41, 5.74) is 6.68. The van der Waals surface area contributed by atoms with E-state index < -0.39 is 21.1 Å². The van der Waals surface area contributed by atoms with E-state index >= 15 is 0 Å². The lowest BCUT2D eigenvalue weighted by Gasteiger charge is -2.15. The maximum Gasteiger partial charge on any atom is 0.217 e. The molecule has 2 N–H and O–H groups in total. The summed E-state index contributed by atoms with van der Waals surface area (Å²) in [7, 11) is -3.37. The molecule has 2 aromatic rings. The molecule has 0 spiro atoms. The van der Waals surface area contributed by atoms with Crippen LogP contribution < -0.4 is 5.73 Å². The number of imidazole rings is 1. The van der Waals surface area contributed by atoms with Crippen molar-refractivity contribution in [1.82, 2.24) is 9.55 Å². The lowest BCUT2D eigenvalue weighted by atomic mass is 10.2. The highest BCUT2D eigenvalue weighted by molar-refractivity contribution is 7.90. The number of hydrogen-bond acceptors (Lipinski definition) is 4. The van der Waals surface area contributed by atoms with E-state index in [1.165, 1.54) is 10.9 Å². The molecule has 1 heterocycles. The number of carbonyl (C=O) groups excluding carboxylic acids is 1. The second-order valence-electron chi connectivity index (χ2n) is 4.86. The van der Waals surface area contributed by atoms with Crippen LogP contribution in [0.25, 0.3) is 11.3 Å². The van der Waals surface area contributed by atoms with Crippen LogP contribution >= 0.6 is 0 Å². The molecule has 112 valence electrons.